The molecule has 0 saturated carbocycles. The van der Waals surface area contributed by atoms with Crippen LogP contribution in [0.5, 0.6) is 0 Å². The van der Waals surface area contributed by atoms with Crippen molar-refractivity contribution in [3.63, 3.8) is 0 Å². The Morgan fingerprint density at radius 1 is 1.20 bits per heavy atom. The molecular weight excluding hydrogens is 376 g/mol. The van der Waals surface area contributed by atoms with Gasteiger partial charge in [-0.1, -0.05) is 36.4 Å². The number of nitrogens with one attached hydrogen (secondary N) is 1. The molecule has 3 heterocycles. The maximum Gasteiger partial charge on any atom is 0.253 e. The van der Waals surface area contributed by atoms with Crippen LogP contribution < -0.4 is 0 Å². The van der Waals surface area contributed by atoms with E-state index in [1.807, 2.05) is 17.0 Å². The van der Waals surface area contributed by atoms with Gasteiger partial charge in [-0.15, -0.1) is 0 Å². The third-order valence-electron chi connectivity index (χ3n) is 6.18. The first-order valence-electron chi connectivity index (χ1n) is 10.8. The monoisotopic (exact) mass is 404 g/mol. The van der Waals surface area contributed by atoms with Gasteiger partial charge in [-0.25, -0.2) is 4.98 Å². The number of fused-ring (bicyclic) bond motifs is 1. The molecular formula is C24H28N4O2. The topological polar surface area (TPSA) is 61.5 Å². The van der Waals surface area contributed by atoms with E-state index < -0.39 is 6.10 Å². The molecule has 0 spiro atoms. The number of amides is 1. The molecule has 2 atom stereocenters. The molecule has 2 aliphatic rings. The Kier molecular flexibility index (Phi) is 5.27. The summed E-state index contributed by atoms with van der Waals surface area (Å²) < 4.78 is 5.92. The average Bonchev–Trinajstić information content (AvgIpc) is 3.40. The fourth-order valence-electron chi connectivity index (χ4n) is 4.64. The van der Waals surface area contributed by atoms with Crippen molar-refractivity contribution in [2.45, 2.75) is 38.5 Å². The number of ether oxygens (including phenoxy) is 1. The lowest BCUT2D eigenvalue weighted by molar-refractivity contribution is -0.150. The Morgan fingerprint density at radius 3 is 2.93 bits per heavy atom. The first kappa shape index (κ1) is 19.3. The minimum Gasteiger partial charge on any atom is -0.366 e. The Morgan fingerprint density at radius 2 is 2.07 bits per heavy atom. The number of hydrogen-bond donors (Lipinski definition) is 1. The van der Waals surface area contributed by atoms with Gasteiger partial charge in [0.05, 0.1) is 23.7 Å². The number of rotatable bonds is 4. The minimum atomic E-state index is -0.408. The van der Waals surface area contributed by atoms with E-state index in [0.29, 0.717) is 13.2 Å². The molecule has 2 aromatic carbocycles. The van der Waals surface area contributed by atoms with Crippen molar-refractivity contribution in [3.05, 3.63) is 65.5 Å². The highest BCUT2D eigenvalue weighted by molar-refractivity contribution is 5.82. The van der Waals surface area contributed by atoms with Crippen molar-refractivity contribution in [2.75, 3.05) is 26.2 Å². The van der Waals surface area contributed by atoms with Crippen LogP contribution in [0.25, 0.3) is 11.0 Å². The standard InChI is InChI=1S/C24H28N4O2/c1-17-9-10-19-20(14-17)26-23(25-19)21-8-5-11-28(21)24(29)22-16-27(12-13-30-22)15-18-6-3-2-4-7-18/h2-4,6-7,9-10,14,21-22H,5,8,11-13,15-16H2,1H3,(H,25,26). The van der Waals surface area contributed by atoms with E-state index in [1.165, 1.54) is 11.1 Å². The summed E-state index contributed by atoms with van der Waals surface area (Å²) in [6.45, 7) is 5.76. The molecule has 0 aliphatic carbocycles. The molecule has 1 amide bonds. The molecule has 2 fully saturated rings. The van der Waals surface area contributed by atoms with Crippen LogP contribution in [0.4, 0.5) is 0 Å². The first-order chi connectivity index (χ1) is 14.7. The number of hydrogen-bond acceptors (Lipinski definition) is 4. The lowest BCUT2D eigenvalue weighted by atomic mass is 10.1. The lowest BCUT2D eigenvalue weighted by Gasteiger charge is -2.35. The summed E-state index contributed by atoms with van der Waals surface area (Å²) in [5, 5.41) is 0. The number of benzene rings is 2. The van der Waals surface area contributed by atoms with Gasteiger partial charge in [0.2, 0.25) is 0 Å². The van der Waals surface area contributed by atoms with Gasteiger partial charge < -0.3 is 14.6 Å². The van der Waals surface area contributed by atoms with Crippen molar-refractivity contribution in [3.8, 4) is 0 Å². The summed E-state index contributed by atoms with van der Waals surface area (Å²) in [6, 6.07) is 16.6. The zero-order valence-electron chi connectivity index (χ0n) is 17.4. The third-order valence-corrected chi connectivity index (χ3v) is 6.18. The second-order valence-electron chi connectivity index (χ2n) is 8.41. The van der Waals surface area contributed by atoms with Gasteiger partial charge in [-0.3, -0.25) is 9.69 Å². The van der Waals surface area contributed by atoms with E-state index in [1.54, 1.807) is 0 Å². The van der Waals surface area contributed by atoms with Gasteiger partial charge in [-0.2, -0.15) is 0 Å². The van der Waals surface area contributed by atoms with Crippen LogP contribution >= 0.6 is 0 Å². The largest absolute Gasteiger partial charge is 0.366 e. The van der Waals surface area contributed by atoms with Crippen molar-refractivity contribution in [1.82, 2.24) is 19.8 Å². The number of aromatic amines is 1. The van der Waals surface area contributed by atoms with E-state index in [2.05, 4.69) is 53.2 Å². The van der Waals surface area contributed by atoms with Crippen LogP contribution in [-0.4, -0.2) is 58.0 Å². The molecule has 2 unspecified atom stereocenters. The van der Waals surface area contributed by atoms with Crippen LogP contribution in [0.3, 0.4) is 0 Å². The number of carbonyl (C=O) groups is 1. The molecule has 0 bridgehead atoms. The normalized spacial score (nSPS) is 22.6. The molecule has 2 saturated heterocycles. The number of imidazole rings is 1. The van der Waals surface area contributed by atoms with E-state index >= 15 is 0 Å². The molecule has 1 aromatic heterocycles. The lowest BCUT2D eigenvalue weighted by Crippen LogP contribution is -2.50. The highest BCUT2D eigenvalue weighted by Crippen LogP contribution is 2.32. The highest BCUT2D eigenvalue weighted by Gasteiger charge is 2.37. The fraction of sp³-hybridized carbons (Fsp3) is 0.417. The molecule has 30 heavy (non-hydrogen) atoms. The predicted molar refractivity (Wildman–Crippen MR) is 116 cm³/mol. The molecule has 5 rings (SSSR count). The van der Waals surface area contributed by atoms with E-state index in [-0.39, 0.29) is 11.9 Å². The zero-order chi connectivity index (χ0) is 20.5. The Labute approximate surface area is 176 Å². The number of H-pyrrole nitrogens is 1. The van der Waals surface area contributed by atoms with E-state index in [0.717, 1.165) is 49.3 Å². The molecule has 2 aliphatic heterocycles. The van der Waals surface area contributed by atoms with Crippen molar-refractivity contribution in [1.29, 1.82) is 0 Å². The number of morpholine rings is 1. The summed E-state index contributed by atoms with van der Waals surface area (Å²) in [5.41, 5.74) is 4.46. The number of nitrogens with zero attached hydrogens (tertiary/aromatic N) is 3. The third kappa shape index (κ3) is 3.85. The molecule has 6 nitrogen and oxygen atoms in total. The van der Waals surface area contributed by atoms with Crippen LogP contribution in [-0.2, 0) is 16.1 Å². The maximum atomic E-state index is 13.4. The molecule has 156 valence electrons. The fourth-order valence-corrected chi connectivity index (χ4v) is 4.64. The summed E-state index contributed by atoms with van der Waals surface area (Å²) in [4.78, 5) is 25.9. The first-order valence-corrected chi connectivity index (χ1v) is 10.8. The minimum absolute atomic E-state index is 0.00157. The highest BCUT2D eigenvalue weighted by atomic mass is 16.5. The molecule has 3 aromatic rings. The summed E-state index contributed by atoms with van der Waals surface area (Å²) in [6.07, 6.45) is 1.52. The number of carbonyl (C=O) groups excluding carboxylic acids is 1. The smallest absolute Gasteiger partial charge is 0.253 e. The number of aryl methyl sites for hydroxylation is 1. The summed E-state index contributed by atoms with van der Waals surface area (Å²) in [7, 11) is 0. The predicted octanol–water partition coefficient (Wildman–Crippen LogP) is 3.44. The van der Waals surface area contributed by atoms with E-state index in [4.69, 9.17) is 9.72 Å². The molecule has 0 radical (unpaired) electrons. The van der Waals surface area contributed by atoms with Gasteiger partial charge in [0.25, 0.3) is 5.91 Å². The summed E-state index contributed by atoms with van der Waals surface area (Å²) in [5.74, 6) is 0.977. The zero-order valence-corrected chi connectivity index (χ0v) is 17.4. The van der Waals surface area contributed by atoms with Crippen molar-refractivity contribution < 1.29 is 9.53 Å². The second kappa shape index (κ2) is 8.20. The van der Waals surface area contributed by atoms with Crippen LogP contribution in [0.15, 0.2) is 48.5 Å². The number of aromatic nitrogens is 2. The van der Waals surface area contributed by atoms with Crippen LogP contribution in [0, 0.1) is 6.92 Å². The van der Waals surface area contributed by atoms with E-state index in [9.17, 15) is 4.79 Å². The second-order valence-corrected chi connectivity index (χ2v) is 8.41. The Balaban J connectivity index is 1.30. The summed E-state index contributed by atoms with van der Waals surface area (Å²) >= 11 is 0. The van der Waals surface area contributed by atoms with Crippen molar-refractivity contribution >= 4 is 16.9 Å². The van der Waals surface area contributed by atoms with Crippen LogP contribution in [0.2, 0.25) is 0 Å². The maximum absolute atomic E-state index is 13.4. The quantitative estimate of drug-likeness (QED) is 0.724. The van der Waals surface area contributed by atoms with Gasteiger partial charge in [0.15, 0.2) is 0 Å². The Bertz CT molecular complexity index is 1030. The van der Waals surface area contributed by atoms with Crippen molar-refractivity contribution in [2.24, 2.45) is 0 Å². The van der Waals surface area contributed by atoms with Gasteiger partial charge in [-0.05, 0) is 43.0 Å². The van der Waals surface area contributed by atoms with Gasteiger partial charge >= 0.3 is 0 Å². The molecule has 6 heteroatoms. The Hall–Kier alpha value is -2.70. The van der Waals surface area contributed by atoms with Gasteiger partial charge in [0.1, 0.15) is 11.9 Å². The number of likely N-dealkylation sites (tertiary alicyclic amines) is 1. The SMILES string of the molecule is Cc1ccc2nc(C3CCCN3C(=O)C3CN(Cc4ccccc4)CCO3)[nH]c2c1. The molecule has 1 N–H and O–H groups in total. The van der Waals surface area contributed by atoms with Gasteiger partial charge in [0, 0.05) is 26.2 Å². The van der Waals surface area contributed by atoms with Crippen LogP contribution in [0.1, 0.15) is 35.8 Å². The average molecular weight is 405 g/mol.